The Morgan fingerprint density at radius 3 is 2.05 bits per heavy atom. The number of ketones is 3. The van der Waals surface area contributed by atoms with E-state index in [-0.39, 0.29) is 67.4 Å². The molecule has 0 spiro atoms. The van der Waals surface area contributed by atoms with Crippen LogP contribution in [0.1, 0.15) is 175 Å². The maximum Gasteiger partial charge on any atom is 0.329 e. The van der Waals surface area contributed by atoms with E-state index in [9.17, 15) is 48.6 Å². The average Bonchev–Trinajstić information content (AvgIpc) is 1.59. The van der Waals surface area contributed by atoms with E-state index in [2.05, 4.69) is 77.8 Å². The number of fused-ring (bicyclic) bond motifs is 6. The molecular weight excluding hydrogens is 1700 g/mol. The van der Waals surface area contributed by atoms with E-state index in [4.69, 9.17) is 39.3 Å². The standard InChI is InChI=1S/C98H123N19O16/c1-58-16-12-11-13-17-59(2)78(128-8)46-74-24-19-64(7)98(127,133-74)87(122)93(125)116-30-15-14-18-75(116)94(126)132-79(47-76(118)60(3)41-63(6)85(121)86(130-10)84(120)62(5)40-58)61(4)42-65-21-25-77(80(44-65)129-9)131-81(119)26-22-67-48-102-95(103-49-67)113-36-38-114(39-37-113)97-104-51-72(52-105-97)91(123)111-32-34-112(35-33-111)96-106-53-73(54-107-96)92(124)115-31-28-68-43-66(20-23-70(68)56-115)55-117-90-82(88(99)108-57-109-90)83(110-117)71-45-69-27-29-100-89(69)101-50-71/h11-13,16-17,20,23,27,29,41,43,45,48-54,57-58,60-62,64-65,74-75,77-80,85-86,121,127H,14-15,18-19,21-22,24-26,28,30-40,42,44,46-47,55-56H2,1-10H3,(H,100,101)(H2,99,108,109)/b13-11+,16-12+,59-17+,63-41+/t58-,60-,61-,62-,64-,65+,74+,75+,77-,78+,79+,80-,85-,86+,98-/m1/s1. The molecule has 2 bridgehead atoms. The Balaban J connectivity index is 0.500. The summed E-state index contributed by atoms with van der Waals surface area (Å²) in [5.41, 5.74) is 15.3. The summed E-state index contributed by atoms with van der Waals surface area (Å²) in [5, 5.41) is 30.5. The van der Waals surface area contributed by atoms with Gasteiger partial charge in [-0.05, 0) is 154 Å². The molecule has 15 atom stereocenters. The Bertz CT molecular complexity index is 5630. The molecule has 0 radical (unpaired) electrons. The molecule has 7 aliphatic rings. The van der Waals surface area contributed by atoms with E-state index < -0.39 is 102 Å². The van der Waals surface area contributed by atoms with Gasteiger partial charge in [0.05, 0.1) is 41.4 Å². The van der Waals surface area contributed by atoms with Crippen LogP contribution in [0.25, 0.3) is 33.3 Å². The number of H-pyrrole nitrogens is 1. The van der Waals surface area contributed by atoms with Gasteiger partial charge in [0.25, 0.3) is 23.5 Å². The molecule has 5 fully saturated rings. The largest absolute Gasteiger partial charge is 0.460 e. The summed E-state index contributed by atoms with van der Waals surface area (Å²) in [4.78, 5) is 169. The Hall–Kier alpha value is -12.0. The first-order valence-corrected chi connectivity index (χ1v) is 46.6. The summed E-state index contributed by atoms with van der Waals surface area (Å²) >= 11 is 0. The van der Waals surface area contributed by atoms with E-state index in [0.29, 0.717) is 200 Å². The lowest BCUT2D eigenvalue weighted by atomic mass is 9.78. The number of piperidine rings is 1. The number of anilines is 4. The summed E-state index contributed by atoms with van der Waals surface area (Å²) in [7, 11) is 4.51. The van der Waals surface area contributed by atoms with E-state index in [1.54, 1.807) is 96.3 Å². The Labute approximate surface area is 773 Å². The Morgan fingerprint density at radius 2 is 1.36 bits per heavy atom. The van der Waals surface area contributed by atoms with Crippen LogP contribution >= 0.6 is 0 Å². The molecule has 35 nitrogen and oxygen atoms in total. The van der Waals surface area contributed by atoms with Crippen molar-refractivity contribution in [2.75, 3.05) is 107 Å². The van der Waals surface area contributed by atoms with Gasteiger partial charge in [-0.1, -0.05) is 89.3 Å². The number of nitrogens with zero attached hydrogens (tertiary/aromatic N) is 17. The number of cyclic esters (lactones) is 1. The minimum Gasteiger partial charge on any atom is -0.460 e. The van der Waals surface area contributed by atoms with Gasteiger partial charge in [0.1, 0.15) is 59.7 Å². The molecule has 1 aromatic carbocycles. The zero-order valence-corrected chi connectivity index (χ0v) is 77.5. The minimum atomic E-state index is -2.49. The lowest BCUT2D eigenvalue weighted by Gasteiger charge is -2.42. The molecule has 133 heavy (non-hydrogen) atoms. The van der Waals surface area contributed by atoms with Crippen LogP contribution in [0.4, 0.5) is 23.7 Å². The summed E-state index contributed by atoms with van der Waals surface area (Å²) in [6.07, 6.45) is 25.8. The molecule has 13 heterocycles. The highest BCUT2D eigenvalue weighted by molar-refractivity contribution is 6.39. The predicted molar refractivity (Wildman–Crippen MR) is 495 cm³/mol. The van der Waals surface area contributed by atoms with Gasteiger partial charge >= 0.3 is 11.9 Å². The van der Waals surface area contributed by atoms with Crippen molar-refractivity contribution in [3.05, 3.63) is 167 Å². The van der Waals surface area contributed by atoms with Gasteiger partial charge in [-0.3, -0.25) is 33.6 Å². The van der Waals surface area contributed by atoms with Crippen LogP contribution in [0.2, 0.25) is 0 Å². The van der Waals surface area contributed by atoms with Crippen molar-refractivity contribution in [2.24, 2.45) is 35.5 Å². The van der Waals surface area contributed by atoms with Crippen molar-refractivity contribution < 1.29 is 77.0 Å². The van der Waals surface area contributed by atoms with Gasteiger partial charge < -0.3 is 78.8 Å². The zero-order valence-electron chi connectivity index (χ0n) is 77.5. The summed E-state index contributed by atoms with van der Waals surface area (Å²) in [6.45, 7) is 18.2. The number of rotatable bonds is 18. The number of nitrogens with one attached hydrogen (secondary N) is 1. The van der Waals surface area contributed by atoms with Gasteiger partial charge in [0, 0.05) is 191 Å². The van der Waals surface area contributed by atoms with Gasteiger partial charge in [-0.25, -0.2) is 54.3 Å². The maximum absolute atomic E-state index is 14.9. The number of nitrogens with two attached hydrogens (primary N) is 1. The molecule has 15 rings (SSSR count). The van der Waals surface area contributed by atoms with E-state index in [0.717, 1.165) is 44.4 Å². The van der Waals surface area contributed by atoms with Crippen molar-refractivity contribution in [1.29, 1.82) is 0 Å². The van der Waals surface area contributed by atoms with Crippen LogP contribution in [0.15, 0.2) is 134 Å². The Morgan fingerprint density at radius 1 is 0.677 bits per heavy atom. The number of esters is 2. The van der Waals surface area contributed by atoms with Crippen LogP contribution in [-0.4, -0.2) is 273 Å². The highest BCUT2D eigenvalue weighted by Crippen LogP contribution is 2.40. The highest BCUT2D eigenvalue weighted by atomic mass is 16.6. The number of amides is 3. The number of Topliss-reactive ketones (excluding diaryl/α,β-unsaturated/α-hetero) is 3. The first kappa shape index (κ1) is 95.6. The summed E-state index contributed by atoms with van der Waals surface area (Å²) in [6, 6.07) is 9.05. The first-order valence-electron chi connectivity index (χ1n) is 46.6. The number of aromatic nitrogens is 12. The summed E-state index contributed by atoms with van der Waals surface area (Å²) in [5.74, 6) is -7.60. The molecule has 6 aliphatic heterocycles. The summed E-state index contributed by atoms with van der Waals surface area (Å²) < 4.78 is 38.2. The average molecular weight is 1820 g/mol. The molecule has 8 aromatic rings. The number of carbonyl (C=O) groups excluding carboxylic acids is 8. The third-order valence-electron chi connectivity index (χ3n) is 27.6. The number of methoxy groups -OCH3 is 3. The van der Waals surface area contributed by atoms with E-state index in [1.807, 2.05) is 84.0 Å². The van der Waals surface area contributed by atoms with Gasteiger partial charge in [-0.15, -0.1) is 0 Å². The van der Waals surface area contributed by atoms with Gasteiger partial charge in [0.15, 0.2) is 11.4 Å². The first-order chi connectivity index (χ1) is 64.1. The lowest BCUT2D eigenvalue weighted by Crippen LogP contribution is -2.61. The number of piperazine rings is 2. The second-order valence-corrected chi connectivity index (χ2v) is 36.9. The third-order valence-corrected chi connectivity index (χ3v) is 27.6. The fraction of sp³-hybridized carbons (Fsp3) is 0.531. The zero-order chi connectivity index (χ0) is 93.9. The molecule has 706 valence electrons. The van der Waals surface area contributed by atoms with Crippen molar-refractivity contribution in [2.45, 2.75) is 212 Å². The maximum atomic E-state index is 14.9. The second-order valence-electron chi connectivity index (χ2n) is 36.9. The van der Waals surface area contributed by atoms with Crippen LogP contribution in [0.3, 0.4) is 0 Å². The number of ether oxygens (including phenoxy) is 6. The molecule has 35 heteroatoms. The Kier molecular flexibility index (Phi) is 30.8. The quantitative estimate of drug-likeness (QED) is 0.0352. The highest BCUT2D eigenvalue weighted by Gasteiger charge is 2.54. The topological polar surface area (TPSA) is 427 Å². The number of benzene rings is 1. The van der Waals surface area contributed by atoms with Gasteiger partial charge in [0.2, 0.25) is 23.6 Å². The van der Waals surface area contributed by atoms with Crippen molar-refractivity contribution in [3.8, 4) is 11.3 Å². The number of nitrogen functional groups attached to an aromatic ring is 1. The molecule has 0 unspecified atom stereocenters. The van der Waals surface area contributed by atoms with E-state index >= 15 is 0 Å². The van der Waals surface area contributed by atoms with Crippen LogP contribution in [-0.2, 0) is 83.1 Å². The van der Waals surface area contributed by atoms with Crippen molar-refractivity contribution in [3.63, 3.8) is 0 Å². The normalized spacial score (nSPS) is 27.7. The van der Waals surface area contributed by atoms with Crippen LogP contribution in [0.5, 0.6) is 0 Å². The molecule has 1 aliphatic carbocycles. The smallest absolute Gasteiger partial charge is 0.329 e. The number of hydrogen-bond acceptors (Lipinski definition) is 30. The molecule has 1 saturated carbocycles. The molecule has 4 saturated heterocycles. The number of hydrogen-bond donors (Lipinski definition) is 4. The fourth-order valence-corrected chi connectivity index (χ4v) is 19.6. The predicted octanol–water partition coefficient (Wildman–Crippen LogP) is 9.54. The number of aliphatic hydroxyl groups excluding tert-OH is 1. The lowest BCUT2D eigenvalue weighted by molar-refractivity contribution is -0.265. The molecule has 7 aromatic heterocycles. The van der Waals surface area contributed by atoms with Gasteiger partial charge in [-0.2, -0.15) is 5.10 Å². The number of allylic oxidation sites excluding steroid dienone is 6. The third kappa shape index (κ3) is 22.2. The molecular formula is C98H123N19O16. The van der Waals surface area contributed by atoms with Crippen molar-refractivity contribution in [1.82, 2.24) is 74.3 Å². The number of pyridine rings is 1. The second kappa shape index (κ2) is 42.9. The minimum absolute atomic E-state index is 0.0240. The monoisotopic (exact) mass is 1820 g/mol. The van der Waals surface area contributed by atoms with Crippen LogP contribution < -0.4 is 20.4 Å². The fourth-order valence-electron chi connectivity index (χ4n) is 19.6. The van der Waals surface area contributed by atoms with E-state index in [1.165, 1.54) is 18.3 Å². The number of carbonyl (C=O) groups is 8. The number of aryl methyl sites for hydroxylation is 1. The molecule has 5 N–H and O–H groups in total. The van der Waals surface area contributed by atoms with Crippen molar-refractivity contribution >= 4 is 92.7 Å². The SMILES string of the molecule is CO[C@H]1C[C@@H]2CC[C@@H](C)[C@@](O)(O2)C(=O)C(=O)N2CCCC[C@H]2C(=O)O[C@H]([C@H](C)C[C@@H]2CC[C@@H](OC(=O)CCc3cnc(N4CCN(c5ncc(C(=O)N6CCN(c7ncc(C(=O)N8CCc9cc(Cn%10nc(-c%11cnc%12[nH]ccc%12c%11)c%11c(N)ncnc%11%10)ccc9C8)cn7)CC6)cn5)CC4)nc3)[C@H](OC)C2)CC(=O)[C@H](C)/C=C(\C)[C@@H](O)[C@@H](OC)C(=O)[C@H](C)C[C@H](C)/C=C/C=C/C=C/1C. The number of aromatic amines is 1. The molecule has 3 amide bonds. The number of aliphatic hydroxyl groups is 2. The van der Waals surface area contributed by atoms with Crippen LogP contribution in [0, 0.1) is 35.5 Å².